The number of allylic oxidation sites excluding steroid dienone is 1. The highest BCUT2D eigenvalue weighted by molar-refractivity contribution is 6.42. The van der Waals surface area contributed by atoms with E-state index in [0.717, 1.165) is 37.5 Å². The summed E-state index contributed by atoms with van der Waals surface area (Å²) in [5.41, 5.74) is 3.95. The zero-order valence-electron chi connectivity index (χ0n) is 37.8. The van der Waals surface area contributed by atoms with Crippen LogP contribution in [0.4, 0.5) is 28.7 Å². The smallest absolute Gasteiger partial charge is 0.246 e. The van der Waals surface area contributed by atoms with Gasteiger partial charge in [0.2, 0.25) is 35.5 Å². The van der Waals surface area contributed by atoms with Crippen molar-refractivity contribution in [2.75, 3.05) is 113 Å². The summed E-state index contributed by atoms with van der Waals surface area (Å²) in [6, 6.07) is 9.37. The van der Waals surface area contributed by atoms with E-state index in [1.165, 1.54) is 12.2 Å². The van der Waals surface area contributed by atoms with Crippen LogP contribution in [-0.4, -0.2) is 178 Å². The number of likely N-dealkylation sites (tertiary alicyclic amines) is 2. The molecule has 1 saturated carbocycles. The molecule has 0 radical (unpaired) electrons. The number of aromatic nitrogens is 2. The number of amides is 4. The Morgan fingerprint density at radius 2 is 1.19 bits per heavy atom. The summed E-state index contributed by atoms with van der Waals surface area (Å²) in [5.74, 6) is 0.309. The second-order valence-electron chi connectivity index (χ2n) is 17.1. The van der Waals surface area contributed by atoms with Crippen LogP contribution >= 0.6 is 34.8 Å². The van der Waals surface area contributed by atoms with Crippen molar-refractivity contribution in [3.63, 3.8) is 0 Å². The largest absolute Gasteiger partial charge is 0.374 e. The first-order valence-corrected chi connectivity index (χ1v) is 23.8. The van der Waals surface area contributed by atoms with Gasteiger partial charge in [0.25, 0.3) is 0 Å². The summed E-state index contributed by atoms with van der Waals surface area (Å²) < 4.78 is 0. The van der Waals surface area contributed by atoms with Gasteiger partial charge in [0.05, 0.1) is 45.9 Å². The monoisotopic (exact) mass is 984 g/mol. The molecule has 358 valence electrons. The molecule has 4 aliphatic heterocycles. The van der Waals surface area contributed by atoms with Gasteiger partial charge in [-0.15, -0.1) is 0 Å². The lowest BCUT2D eigenvalue weighted by Crippen LogP contribution is -2.64. The van der Waals surface area contributed by atoms with Crippen molar-refractivity contribution in [2.24, 2.45) is 9.98 Å². The molecule has 4 saturated heterocycles. The Bertz CT molecular complexity index is 2500. The fraction of sp³-hybridized carbons (Fsp3) is 0.404. The standard InChI is InChI=1S/C47H55Cl3N14O4/c1-4-8-51-47(58-41-23-36(50)35(49)22-39(41)55-25-45(68)62-17-13-60(14-18-62)31-28-64(29-31)43(66)6-3)56-37-20-33(37)32-19-38(40(21-34(32)48)57-46-52-9-7-10-53-46)54-24-44(67)61-15-11-59(12-16-61)30-26-63(27-30)42(65)5-2/h4-10,19,21-23,30-31,33,54-55H,2-3,11-18,20,24-29H2,1H3,(H,51,58)(H,52,53,57)/b8-4-,56-37?. The van der Waals surface area contributed by atoms with Crippen LogP contribution < -0.4 is 21.3 Å². The quantitative estimate of drug-likeness (QED) is 0.0908. The highest BCUT2D eigenvalue weighted by Gasteiger charge is 2.38. The summed E-state index contributed by atoms with van der Waals surface area (Å²) >= 11 is 20.0. The van der Waals surface area contributed by atoms with Crippen molar-refractivity contribution >= 4 is 98.8 Å². The minimum atomic E-state index is -0.141. The predicted molar refractivity (Wildman–Crippen MR) is 268 cm³/mol. The maximum absolute atomic E-state index is 13.6. The van der Waals surface area contributed by atoms with E-state index in [4.69, 9.17) is 39.8 Å². The summed E-state index contributed by atoms with van der Waals surface area (Å²) in [6.45, 7) is 17.0. The number of carbonyl (C=O) groups is 4. The van der Waals surface area contributed by atoms with Gasteiger partial charge >= 0.3 is 0 Å². The first-order valence-electron chi connectivity index (χ1n) is 22.6. The van der Waals surface area contributed by atoms with Crippen LogP contribution in [0, 0.1) is 0 Å². The number of halogens is 3. The number of hydrogen-bond donors (Lipinski definition) is 4. The number of hydrogen-bond acceptors (Lipinski definition) is 12. The van der Waals surface area contributed by atoms with Gasteiger partial charge in [-0.25, -0.2) is 20.0 Å². The molecule has 0 spiro atoms. The van der Waals surface area contributed by atoms with E-state index in [1.807, 2.05) is 22.8 Å². The van der Waals surface area contributed by atoms with Gasteiger partial charge in [-0.05, 0) is 61.4 Å². The number of nitrogens with one attached hydrogen (secondary N) is 4. The molecule has 5 heterocycles. The van der Waals surface area contributed by atoms with E-state index in [1.54, 1.807) is 58.7 Å². The van der Waals surface area contributed by atoms with Crippen LogP contribution in [0.3, 0.4) is 0 Å². The Balaban J connectivity index is 0.912. The SMILES string of the molecule is C=CC(=O)N1CC(N2CCN(C(=O)CNc3cc(Cl)c(Cl)cc3NC(=N/C=C\C)N=C3CC3c3cc(NCC(=O)N4CCN(C5CN(C(=O)C=C)C5)CC4)c(Nc4ncccn4)cc3Cl)CC2)C1. The third-order valence-corrected chi connectivity index (χ3v) is 13.9. The van der Waals surface area contributed by atoms with E-state index in [2.05, 4.69) is 59.2 Å². The normalized spacial score (nSPS) is 19.9. The number of aliphatic imine (C=N–C) groups is 2. The van der Waals surface area contributed by atoms with E-state index in [0.29, 0.717) is 115 Å². The molecule has 21 heteroatoms. The Morgan fingerprint density at radius 1 is 0.691 bits per heavy atom. The highest BCUT2D eigenvalue weighted by Crippen LogP contribution is 2.44. The molecule has 3 aromatic rings. The van der Waals surface area contributed by atoms with Gasteiger partial charge < -0.3 is 40.9 Å². The molecule has 1 aromatic heterocycles. The Labute approximate surface area is 410 Å². The van der Waals surface area contributed by atoms with Crippen LogP contribution in [-0.2, 0) is 19.2 Å². The first kappa shape index (κ1) is 48.4. The molecule has 18 nitrogen and oxygen atoms in total. The second kappa shape index (κ2) is 21.9. The van der Waals surface area contributed by atoms with Gasteiger partial charge in [-0.2, -0.15) is 0 Å². The Hall–Kier alpha value is -6.05. The maximum atomic E-state index is 13.6. The lowest BCUT2D eigenvalue weighted by atomic mass is 10.1. The topological polar surface area (TPSA) is 186 Å². The van der Waals surface area contributed by atoms with E-state index in [9.17, 15) is 19.2 Å². The number of piperazine rings is 2. The minimum Gasteiger partial charge on any atom is -0.374 e. The molecule has 5 fully saturated rings. The molecule has 1 unspecified atom stereocenters. The van der Waals surface area contributed by atoms with Gasteiger partial charge in [0, 0.05) is 126 Å². The number of guanidine groups is 1. The Kier molecular flexibility index (Phi) is 15.6. The van der Waals surface area contributed by atoms with Crippen molar-refractivity contribution in [3.05, 3.63) is 101 Å². The third-order valence-electron chi connectivity index (χ3n) is 12.8. The van der Waals surface area contributed by atoms with Gasteiger partial charge in [-0.3, -0.25) is 29.0 Å². The molecule has 68 heavy (non-hydrogen) atoms. The predicted octanol–water partition coefficient (Wildman–Crippen LogP) is 5.02. The molecule has 5 aliphatic rings. The van der Waals surface area contributed by atoms with Crippen molar-refractivity contribution in [1.82, 2.24) is 39.4 Å². The molecule has 1 atom stereocenters. The fourth-order valence-corrected chi connectivity index (χ4v) is 9.29. The van der Waals surface area contributed by atoms with Crippen molar-refractivity contribution < 1.29 is 19.2 Å². The maximum Gasteiger partial charge on any atom is 0.246 e. The molecular formula is C47H55Cl3N14O4. The average Bonchev–Trinajstić information content (AvgIpc) is 4.08. The van der Waals surface area contributed by atoms with Crippen LogP contribution in [0.15, 0.2) is 90.3 Å². The number of nitrogens with zero attached hydrogens (tertiary/aromatic N) is 10. The lowest BCUT2D eigenvalue weighted by Gasteiger charge is -2.47. The summed E-state index contributed by atoms with van der Waals surface area (Å²) in [4.78, 5) is 80.9. The van der Waals surface area contributed by atoms with Gasteiger partial charge in [0.15, 0.2) is 0 Å². The fourth-order valence-electron chi connectivity index (χ4n) is 8.67. The molecule has 8 rings (SSSR count). The van der Waals surface area contributed by atoms with Crippen LogP contribution in [0.1, 0.15) is 24.8 Å². The van der Waals surface area contributed by atoms with Crippen LogP contribution in [0.2, 0.25) is 15.1 Å². The Morgan fingerprint density at radius 3 is 1.71 bits per heavy atom. The lowest BCUT2D eigenvalue weighted by molar-refractivity contribution is -0.137. The average molecular weight is 986 g/mol. The number of carbonyl (C=O) groups excluding carboxylic acids is 4. The summed E-state index contributed by atoms with van der Waals surface area (Å²) in [6.07, 6.45) is 9.97. The number of anilines is 5. The zero-order chi connectivity index (χ0) is 47.9. The van der Waals surface area contributed by atoms with E-state index in [-0.39, 0.29) is 48.6 Å². The van der Waals surface area contributed by atoms with Crippen LogP contribution in [0.25, 0.3) is 0 Å². The molecule has 4 amide bonds. The van der Waals surface area contributed by atoms with Gasteiger partial charge in [0.1, 0.15) is 0 Å². The molecular weight excluding hydrogens is 931 g/mol. The number of rotatable bonds is 15. The van der Waals surface area contributed by atoms with Crippen molar-refractivity contribution in [2.45, 2.75) is 31.3 Å². The van der Waals surface area contributed by atoms with Gasteiger partial charge in [-0.1, -0.05) is 54.0 Å². The minimum absolute atomic E-state index is 0.0219. The molecule has 0 bridgehead atoms. The number of benzene rings is 2. The van der Waals surface area contributed by atoms with Crippen LogP contribution in [0.5, 0.6) is 0 Å². The molecule has 1 aliphatic carbocycles. The molecule has 4 N–H and O–H groups in total. The zero-order valence-corrected chi connectivity index (χ0v) is 40.1. The van der Waals surface area contributed by atoms with E-state index >= 15 is 0 Å². The second-order valence-corrected chi connectivity index (χ2v) is 18.3. The summed E-state index contributed by atoms with van der Waals surface area (Å²) in [7, 11) is 0. The molecule has 2 aromatic carbocycles. The summed E-state index contributed by atoms with van der Waals surface area (Å²) in [5, 5.41) is 14.3. The highest BCUT2D eigenvalue weighted by atomic mass is 35.5. The third kappa shape index (κ3) is 11.6. The van der Waals surface area contributed by atoms with Crippen molar-refractivity contribution in [3.8, 4) is 0 Å². The van der Waals surface area contributed by atoms with E-state index < -0.39 is 0 Å². The van der Waals surface area contributed by atoms with Crippen molar-refractivity contribution in [1.29, 1.82) is 0 Å². The first-order chi connectivity index (χ1) is 32.9.